The van der Waals surface area contributed by atoms with Crippen LogP contribution in [0, 0.1) is 5.92 Å². The lowest BCUT2D eigenvalue weighted by atomic mass is 9.94. The maximum absolute atomic E-state index is 13.1. The zero-order chi connectivity index (χ0) is 15.2. The van der Waals surface area contributed by atoms with Crippen molar-refractivity contribution in [1.82, 2.24) is 14.6 Å². The topological polar surface area (TPSA) is 62.3 Å². The van der Waals surface area contributed by atoms with Gasteiger partial charge in [0.25, 0.3) is 0 Å². The van der Waals surface area contributed by atoms with Gasteiger partial charge in [-0.1, -0.05) is 12.1 Å². The molecule has 1 aromatic carbocycles. The van der Waals surface area contributed by atoms with Gasteiger partial charge in [0.15, 0.2) is 0 Å². The second-order valence-corrected chi connectivity index (χ2v) is 8.04. The van der Waals surface area contributed by atoms with Crippen molar-refractivity contribution in [2.75, 3.05) is 19.6 Å². The molecular weight excluding hydrogens is 298 g/mol. The normalized spacial score (nSPS) is 26.2. The van der Waals surface area contributed by atoms with E-state index in [1.165, 1.54) is 0 Å². The number of piperidine rings is 1. The molecule has 0 unspecified atom stereocenters. The van der Waals surface area contributed by atoms with Crippen LogP contribution in [-0.4, -0.2) is 43.4 Å². The summed E-state index contributed by atoms with van der Waals surface area (Å²) in [6, 6.07) is 7.47. The molecule has 1 N–H and O–H groups in total. The van der Waals surface area contributed by atoms with E-state index >= 15 is 0 Å². The van der Waals surface area contributed by atoms with Gasteiger partial charge in [-0.15, -0.1) is 0 Å². The van der Waals surface area contributed by atoms with Gasteiger partial charge < -0.3 is 5.32 Å². The Morgan fingerprint density at radius 1 is 1.23 bits per heavy atom. The first-order valence-corrected chi connectivity index (χ1v) is 9.16. The van der Waals surface area contributed by atoms with Gasteiger partial charge in [-0.3, -0.25) is 4.98 Å². The number of fused-ring (bicyclic) bond motifs is 2. The number of benzene rings is 1. The Kier molecular flexibility index (Phi) is 3.40. The zero-order valence-electron chi connectivity index (χ0n) is 12.3. The molecule has 22 heavy (non-hydrogen) atoms. The summed E-state index contributed by atoms with van der Waals surface area (Å²) in [5.74, 6) is 0.445. The van der Waals surface area contributed by atoms with Crippen LogP contribution in [0.5, 0.6) is 0 Å². The highest BCUT2D eigenvalue weighted by Crippen LogP contribution is 2.31. The Morgan fingerprint density at radius 3 is 3.00 bits per heavy atom. The van der Waals surface area contributed by atoms with Crippen molar-refractivity contribution in [3.8, 4) is 0 Å². The first kappa shape index (κ1) is 14.1. The van der Waals surface area contributed by atoms with Crippen LogP contribution in [0.3, 0.4) is 0 Å². The molecule has 0 bridgehead atoms. The number of hydrogen-bond acceptors (Lipinski definition) is 4. The Bertz CT molecular complexity index is 787. The third-order valence-electron chi connectivity index (χ3n) is 4.82. The van der Waals surface area contributed by atoms with Crippen molar-refractivity contribution in [2.24, 2.45) is 5.92 Å². The van der Waals surface area contributed by atoms with E-state index in [2.05, 4.69) is 10.3 Å². The van der Waals surface area contributed by atoms with Gasteiger partial charge in [0.1, 0.15) is 0 Å². The molecule has 1 aromatic heterocycles. The van der Waals surface area contributed by atoms with Crippen LogP contribution < -0.4 is 5.32 Å². The fourth-order valence-electron chi connectivity index (χ4n) is 3.66. The van der Waals surface area contributed by atoms with Crippen LogP contribution in [0.1, 0.15) is 12.8 Å². The van der Waals surface area contributed by atoms with Gasteiger partial charge in [0.05, 0.1) is 4.90 Å². The van der Waals surface area contributed by atoms with E-state index in [-0.39, 0.29) is 0 Å². The Labute approximate surface area is 130 Å². The lowest BCUT2D eigenvalue weighted by Gasteiger charge is -2.24. The number of aromatic nitrogens is 1. The van der Waals surface area contributed by atoms with Crippen molar-refractivity contribution in [1.29, 1.82) is 0 Å². The quantitative estimate of drug-likeness (QED) is 0.914. The fourth-order valence-corrected chi connectivity index (χ4v) is 5.40. The number of hydrogen-bond donors (Lipinski definition) is 1. The first-order valence-electron chi connectivity index (χ1n) is 7.72. The standard InChI is InChI=1S/C16H19N3O2S/c20-22(21,19-10-13-4-2-7-18-15(13)11-19)16-5-1-3-12-9-17-8-6-14(12)16/h1,3,5-6,8-9,13,15,18H,2,4,7,10-11H2/t13-,15+/m1/s1. The lowest BCUT2D eigenvalue weighted by molar-refractivity contribution is 0.339. The minimum Gasteiger partial charge on any atom is -0.312 e. The molecule has 0 aliphatic carbocycles. The second-order valence-electron chi connectivity index (χ2n) is 6.14. The lowest BCUT2D eigenvalue weighted by Crippen LogP contribution is -2.41. The van der Waals surface area contributed by atoms with Crippen molar-refractivity contribution in [2.45, 2.75) is 23.8 Å². The van der Waals surface area contributed by atoms with E-state index in [0.29, 0.717) is 29.9 Å². The molecule has 0 saturated carbocycles. The summed E-state index contributed by atoms with van der Waals surface area (Å²) in [6.07, 6.45) is 5.60. The summed E-state index contributed by atoms with van der Waals surface area (Å²) in [5.41, 5.74) is 0. The zero-order valence-corrected chi connectivity index (χ0v) is 13.1. The van der Waals surface area contributed by atoms with E-state index in [1.54, 1.807) is 34.9 Å². The highest BCUT2D eigenvalue weighted by atomic mass is 32.2. The molecule has 2 atom stereocenters. The molecule has 0 spiro atoms. The Hall–Kier alpha value is -1.50. The van der Waals surface area contributed by atoms with Crippen molar-refractivity contribution >= 4 is 20.8 Å². The predicted molar refractivity (Wildman–Crippen MR) is 85.0 cm³/mol. The van der Waals surface area contributed by atoms with Crippen LogP contribution in [0.15, 0.2) is 41.6 Å². The highest BCUT2D eigenvalue weighted by Gasteiger charge is 2.40. The monoisotopic (exact) mass is 317 g/mol. The summed E-state index contributed by atoms with van der Waals surface area (Å²) in [7, 11) is -3.46. The molecule has 2 fully saturated rings. The van der Waals surface area contributed by atoms with Gasteiger partial charge in [-0.2, -0.15) is 4.31 Å². The summed E-state index contributed by atoms with van der Waals surface area (Å²) in [4.78, 5) is 4.47. The van der Waals surface area contributed by atoms with Crippen LogP contribution in [-0.2, 0) is 10.0 Å². The van der Waals surface area contributed by atoms with Crippen LogP contribution in [0.4, 0.5) is 0 Å². The smallest absolute Gasteiger partial charge is 0.243 e. The number of rotatable bonds is 2. The van der Waals surface area contributed by atoms with Crippen molar-refractivity contribution in [3.05, 3.63) is 36.7 Å². The molecule has 3 heterocycles. The number of nitrogens with one attached hydrogen (secondary N) is 1. The number of sulfonamides is 1. The van der Waals surface area contributed by atoms with Gasteiger partial charge in [0, 0.05) is 42.3 Å². The second kappa shape index (κ2) is 5.30. The van der Waals surface area contributed by atoms with Crippen LogP contribution >= 0.6 is 0 Å². The molecule has 0 amide bonds. The fraction of sp³-hybridized carbons (Fsp3) is 0.438. The van der Waals surface area contributed by atoms with Gasteiger partial charge >= 0.3 is 0 Å². The molecule has 0 radical (unpaired) electrons. The van der Waals surface area contributed by atoms with E-state index in [9.17, 15) is 8.42 Å². The highest BCUT2D eigenvalue weighted by molar-refractivity contribution is 7.89. The third-order valence-corrected chi connectivity index (χ3v) is 6.71. The van der Waals surface area contributed by atoms with Crippen molar-refractivity contribution < 1.29 is 8.42 Å². The molecule has 2 saturated heterocycles. The Balaban J connectivity index is 1.74. The molecule has 2 aromatic rings. The van der Waals surface area contributed by atoms with E-state index in [4.69, 9.17) is 0 Å². The summed E-state index contributed by atoms with van der Waals surface area (Å²) >= 11 is 0. The van der Waals surface area contributed by atoms with Crippen LogP contribution in [0.25, 0.3) is 10.8 Å². The molecule has 4 rings (SSSR count). The largest absolute Gasteiger partial charge is 0.312 e. The van der Waals surface area contributed by atoms with Gasteiger partial charge in [-0.25, -0.2) is 8.42 Å². The van der Waals surface area contributed by atoms with Crippen molar-refractivity contribution in [3.63, 3.8) is 0 Å². The Morgan fingerprint density at radius 2 is 2.14 bits per heavy atom. The van der Waals surface area contributed by atoms with Crippen LogP contribution in [0.2, 0.25) is 0 Å². The minimum absolute atomic E-state index is 0.306. The number of pyridine rings is 1. The molecule has 2 aliphatic rings. The molecule has 6 heteroatoms. The van der Waals surface area contributed by atoms with E-state index in [0.717, 1.165) is 30.2 Å². The predicted octanol–water partition coefficient (Wildman–Crippen LogP) is 1.61. The average molecular weight is 317 g/mol. The molecule has 116 valence electrons. The molecule has 5 nitrogen and oxygen atoms in total. The summed E-state index contributed by atoms with van der Waals surface area (Å²) < 4.78 is 27.8. The SMILES string of the molecule is O=S(=O)(c1cccc2cnccc12)N1C[C@H]2CCCN[C@H]2C1. The van der Waals surface area contributed by atoms with E-state index < -0.39 is 10.0 Å². The molecular formula is C16H19N3O2S. The third kappa shape index (κ3) is 2.22. The maximum Gasteiger partial charge on any atom is 0.243 e. The maximum atomic E-state index is 13.1. The van der Waals surface area contributed by atoms with Gasteiger partial charge in [-0.05, 0) is 37.4 Å². The summed E-state index contributed by atoms with van der Waals surface area (Å²) in [5, 5.41) is 5.07. The molecule has 2 aliphatic heterocycles. The number of nitrogens with zero attached hydrogens (tertiary/aromatic N) is 2. The minimum atomic E-state index is -3.46. The summed E-state index contributed by atoms with van der Waals surface area (Å²) in [6.45, 7) is 2.20. The van der Waals surface area contributed by atoms with Gasteiger partial charge in [0.2, 0.25) is 10.0 Å². The average Bonchev–Trinajstić information content (AvgIpc) is 2.99. The van der Waals surface area contributed by atoms with E-state index in [1.807, 2.05) is 6.07 Å². The first-order chi connectivity index (χ1) is 10.7.